The summed E-state index contributed by atoms with van der Waals surface area (Å²) in [5.41, 5.74) is 5.42. The molecule has 92 valence electrons. The van der Waals surface area contributed by atoms with E-state index in [0.717, 1.165) is 13.1 Å². The van der Waals surface area contributed by atoms with Crippen molar-refractivity contribution in [2.75, 3.05) is 18.8 Å². The van der Waals surface area contributed by atoms with Crippen LogP contribution in [0.2, 0.25) is 0 Å². The topological polar surface area (TPSA) is 84.7 Å². The van der Waals surface area contributed by atoms with Gasteiger partial charge in [-0.3, -0.25) is 4.79 Å². The Morgan fingerprint density at radius 2 is 2.00 bits per heavy atom. The predicted octanol–water partition coefficient (Wildman–Crippen LogP) is 0.413. The van der Waals surface area contributed by atoms with Crippen LogP contribution in [-0.2, 0) is 4.79 Å². The van der Waals surface area contributed by atoms with E-state index in [4.69, 9.17) is 11.6 Å². The first-order valence-electron chi connectivity index (χ1n) is 5.46. The Labute approximate surface area is 101 Å². The van der Waals surface area contributed by atoms with Crippen molar-refractivity contribution in [3.8, 4) is 0 Å². The van der Waals surface area contributed by atoms with Crippen LogP contribution in [0.4, 0.5) is 0 Å². The Morgan fingerprint density at radius 3 is 2.50 bits per heavy atom. The second kappa shape index (κ2) is 5.98. The summed E-state index contributed by atoms with van der Waals surface area (Å²) in [4.78, 5) is 13.8. The molecule has 16 heavy (non-hydrogen) atoms. The van der Waals surface area contributed by atoms with Crippen molar-refractivity contribution in [3.05, 3.63) is 0 Å². The number of amidine groups is 1. The van der Waals surface area contributed by atoms with Crippen LogP contribution < -0.4 is 11.6 Å². The summed E-state index contributed by atoms with van der Waals surface area (Å²) in [6.07, 6.45) is 1.20. The first-order valence-corrected chi connectivity index (χ1v) is 6.45. The summed E-state index contributed by atoms with van der Waals surface area (Å²) >= 11 is 1.19. The number of nitrogens with two attached hydrogens (primary N) is 2. The van der Waals surface area contributed by atoms with E-state index >= 15 is 0 Å². The Balaban J connectivity index is 2.41. The largest absolute Gasteiger partial charge is 0.377 e. The number of hydrogen-bond acceptors (Lipinski definition) is 4. The molecule has 1 fully saturated rings. The second-order valence-corrected chi connectivity index (χ2v) is 5.50. The zero-order valence-electron chi connectivity index (χ0n) is 9.85. The van der Waals surface area contributed by atoms with Crippen LogP contribution in [0.25, 0.3) is 0 Å². The number of hydrazone groups is 1. The minimum absolute atomic E-state index is 0.120. The Morgan fingerprint density at radius 1 is 1.44 bits per heavy atom. The fraction of sp³-hybridized carbons (Fsp3) is 0.800. The molecule has 4 N–H and O–H groups in total. The SMILES string of the molecule is CC1CC(C)CN(C(=O)CSC(N)=NN)C1. The Bertz CT molecular complexity index is 272. The van der Waals surface area contributed by atoms with Crippen LogP contribution in [0.3, 0.4) is 0 Å². The number of likely N-dealkylation sites (tertiary alicyclic amines) is 1. The van der Waals surface area contributed by atoms with Gasteiger partial charge in [0, 0.05) is 13.1 Å². The van der Waals surface area contributed by atoms with E-state index in [-0.39, 0.29) is 11.1 Å². The molecule has 0 radical (unpaired) electrons. The Hall–Kier alpha value is -0.910. The molecule has 0 aliphatic carbocycles. The average Bonchev–Trinajstić information content (AvgIpc) is 2.23. The van der Waals surface area contributed by atoms with Gasteiger partial charge in [0.15, 0.2) is 5.17 Å². The molecule has 2 unspecified atom stereocenters. The number of hydrogen-bond donors (Lipinski definition) is 2. The van der Waals surface area contributed by atoms with Gasteiger partial charge in [0.1, 0.15) is 0 Å². The molecule has 6 heteroatoms. The molecule has 0 spiro atoms. The molecular formula is C10H20N4OS. The molecule has 0 aromatic carbocycles. The van der Waals surface area contributed by atoms with Crippen LogP contribution in [-0.4, -0.2) is 34.8 Å². The molecule has 0 aromatic heterocycles. The summed E-state index contributed by atoms with van der Waals surface area (Å²) in [5.74, 6) is 6.61. The summed E-state index contributed by atoms with van der Waals surface area (Å²) < 4.78 is 0. The van der Waals surface area contributed by atoms with Gasteiger partial charge in [-0.25, -0.2) is 0 Å². The molecule has 1 aliphatic heterocycles. The molecule has 2 atom stereocenters. The zero-order valence-corrected chi connectivity index (χ0v) is 10.7. The highest BCUT2D eigenvalue weighted by Crippen LogP contribution is 2.21. The maximum absolute atomic E-state index is 11.9. The number of carbonyl (C=O) groups excluding carboxylic acids is 1. The van der Waals surface area contributed by atoms with Crippen molar-refractivity contribution >= 4 is 22.8 Å². The first kappa shape index (κ1) is 13.2. The molecule has 5 nitrogen and oxygen atoms in total. The molecule has 0 aromatic rings. The number of nitrogens with zero attached hydrogens (tertiary/aromatic N) is 2. The molecule has 1 heterocycles. The first-order chi connectivity index (χ1) is 7.52. The number of piperidine rings is 1. The third-order valence-electron chi connectivity index (χ3n) is 2.69. The maximum atomic E-state index is 11.9. The van der Waals surface area contributed by atoms with E-state index in [9.17, 15) is 4.79 Å². The van der Waals surface area contributed by atoms with Gasteiger partial charge >= 0.3 is 0 Å². The van der Waals surface area contributed by atoms with E-state index in [0.29, 0.717) is 17.6 Å². The average molecular weight is 244 g/mol. The number of amides is 1. The van der Waals surface area contributed by atoms with Crippen molar-refractivity contribution in [1.29, 1.82) is 0 Å². The summed E-state index contributed by atoms with van der Waals surface area (Å²) in [7, 11) is 0. The van der Waals surface area contributed by atoms with Gasteiger partial charge in [-0.15, -0.1) is 0 Å². The summed E-state index contributed by atoms with van der Waals surface area (Å²) in [6.45, 7) is 6.06. The van der Waals surface area contributed by atoms with E-state index in [1.165, 1.54) is 18.2 Å². The van der Waals surface area contributed by atoms with Crippen molar-refractivity contribution in [1.82, 2.24) is 4.90 Å². The number of carbonyl (C=O) groups is 1. The maximum Gasteiger partial charge on any atom is 0.233 e. The third-order valence-corrected chi connectivity index (χ3v) is 3.48. The lowest BCUT2D eigenvalue weighted by molar-refractivity contribution is -0.130. The van der Waals surface area contributed by atoms with Gasteiger partial charge in [-0.05, 0) is 18.3 Å². The predicted molar refractivity (Wildman–Crippen MR) is 67.8 cm³/mol. The highest BCUT2D eigenvalue weighted by atomic mass is 32.2. The zero-order chi connectivity index (χ0) is 12.1. The number of rotatable bonds is 2. The summed E-state index contributed by atoms with van der Waals surface area (Å²) in [5, 5.41) is 3.58. The van der Waals surface area contributed by atoms with E-state index in [1.807, 2.05) is 4.90 Å². The number of thioether (sulfide) groups is 1. The van der Waals surface area contributed by atoms with Crippen LogP contribution >= 0.6 is 11.8 Å². The van der Waals surface area contributed by atoms with E-state index in [1.54, 1.807) is 0 Å². The normalized spacial score (nSPS) is 26.9. The van der Waals surface area contributed by atoms with Gasteiger partial charge in [-0.1, -0.05) is 25.6 Å². The lowest BCUT2D eigenvalue weighted by atomic mass is 9.92. The van der Waals surface area contributed by atoms with Gasteiger partial charge in [0.2, 0.25) is 5.91 Å². The van der Waals surface area contributed by atoms with Crippen LogP contribution in [0.15, 0.2) is 5.10 Å². The van der Waals surface area contributed by atoms with Gasteiger partial charge in [0.25, 0.3) is 0 Å². The molecular weight excluding hydrogens is 224 g/mol. The van der Waals surface area contributed by atoms with Gasteiger partial charge in [0.05, 0.1) is 5.75 Å². The molecule has 1 aliphatic rings. The second-order valence-electron chi connectivity index (χ2n) is 4.50. The minimum Gasteiger partial charge on any atom is -0.377 e. The fourth-order valence-electron chi connectivity index (χ4n) is 2.13. The van der Waals surface area contributed by atoms with Gasteiger partial charge in [-0.2, -0.15) is 5.10 Å². The highest BCUT2D eigenvalue weighted by molar-refractivity contribution is 8.14. The fourth-order valence-corrected chi connectivity index (χ4v) is 2.66. The molecule has 1 saturated heterocycles. The standard InChI is InChI=1S/C10H20N4OS/c1-7-3-8(2)5-14(4-7)9(15)6-16-10(11)13-12/h7-8H,3-6,12H2,1-2H3,(H2,11,13). The van der Waals surface area contributed by atoms with Crippen molar-refractivity contribution < 1.29 is 4.79 Å². The van der Waals surface area contributed by atoms with E-state index < -0.39 is 0 Å². The third kappa shape index (κ3) is 3.92. The van der Waals surface area contributed by atoms with Crippen LogP contribution in [0.1, 0.15) is 20.3 Å². The quantitative estimate of drug-likeness (QED) is 0.319. The molecule has 0 bridgehead atoms. The van der Waals surface area contributed by atoms with E-state index in [2.05, 4.69) is 18.9 Å². The molecule has 1 amide bonds. The smallest absolute Gasteiger partial charge is 0.233 e. The van der Waals surface area contributed by atoms with Crippen LogP contribution in [0.5, 0.6) is 0 Å². The minimum atomic E-state index is 0.120. The lowest BCUT2D eigenvalue weighted by Gasteiger charge is -2.34. The lowest BCUT2D eigenvalue weighted by Crippen LogP contribution is -2.43. The molecule has 1 rings (SSSR count). The van der Waals surface area contributed by atoms with Gasteiger partial charge < -0.3 is 16.5 Å². The Kier molecular flexibility index (Phi) is 4.92. The molecule has 0 saturated carbocycles. The summed E-state index contributed by atoms with van der Waals surface area (Å²) in [6, 6.07) is 0. The highest BCUT2D eigenvalue weighted by Gasteiger charge is 2.25. The van der Waals surface area contributed by atoms with Crippen molar-refractivity contribution in [2.24, 2.45) is 28.5 Å². The van der Waals surface area contributed by atoms with Crippen molar-refractivity contribution in [2.45, 2.75) is 20.3 Å². The monoisotopic (exact) mass is 244 g/mol. The van der Waals surface area contributed by atoms with Crippen LogP contribution in [0, 0.1) is 11.8 Å². The van der Waals surface area contributed by atoms with Crippen molar-refractivity contribution in [3.63, 3.8) is 0 Å².